The molecule has 2 heterocycles. The maximum Gasteiger partial charge on any atom is 0.0372 e. The number of fused-ring (bicyclic) bond motifs is 4. The van der Waals surface area contributed by atoms with Crippen LogP contribution in [0.1, 0.15) is 38.5 Å². The molecule has 2 heteroatoms. The minimum atomic E-state index is 1.12. The topological polar surface area (TPSA) is 6.48 Å². The number of rotatable bonds is 6. The second-order valence-corrected chi connectivity index (χ2v) is 16.5. The molecule has 0 saturated carbocycles. The normalized spacial score (nSPS) is 14.8. The SMILES string of the molecule is c1ccc2c(-c3ccc(-c4c5ccc(N6CCCCC6)cc5c(-c5ccc(-c6cccc7ccccc67)cc5)c5ccc(N6CCCCC6)cc45)cc3)cccc2c1. The minimum absolute atomic E-state index is 1.12. The zero-order valence-corrected chi connectivity index (χ0v) is 33.1. The van der Waals surface area contributed by atoms with Crippen LogP contribution in [0.25, 0.3) is 87.6 Å². The zero-order chi connectivity index (χ0) is 38.4. The van der Waals surface area contributed by atoms with Crippen LogP contribution in [0.2, 0.25) is 0 Å². The first-order valence-electron chi connectivity index (χ1n) is 21.5. The molecule has 11 rings (SSSR count). The van der Waals surface area contributed by atoms with Gasteiger partial charge in [0.2, 0.25) is 0 Å². The van der Waals surface area contributed by atoms with Gasteiger partial charge in [-0.3, -0.25) is 0 Å². The maximum absolute atomic E-state index is 2.61. The second-order valence-electron chi connectivity index (χ2n) is 16.5. The highest BCUT2D eigenvalue weighted by Gasteiger charge is 2.22. The van der Waals surface area contributed by atoms with Crippen LogP contribution < -0.4 is 9.80 Å². The number of anilines is 2. The first-order valence-corrected chi connectivity index (χ1v) is 21.5. The molecule has 0 amide bonds. The van der Waals surface area contributed by atoms with Crippen molar-refractivity contribution in [2.45, 2.75) is 38.5 Å². The highest BCUT2D eigenvalue weighted by Crippen LogP contribution is 2.47. The smallest absolute Gasteiger partial charge is 0.0372 e. The Hall–Kier alpha value is -6.38. The lowest BCUT2D eigenvalue weighted by Gasteiger charge is -2.30. The van der Waals surface area contributed by atoms with Crippen molar-refractivity contribution in [1.82, 2.24) is 0 Å². The fraction of sp³-hybridized carbons (Fsp3) is 0.179. The number of hydrogen-bond acceptors (Lipinski definition) is 2. The van der Waals surface area contributed by atoms with Crippen LogP contribution >= 0.6 is 0 Å². The van der Waals surface area contributed by atoms with Gasteiger partial charge in [-0.05, 0) is 150 Å². The summed E-state index contributed by atoms with van der Waals surface area (Å²) < 4.78 is 0. The molecule has 0 N–H and O–H groups in total. The summed E-state index contributed by atoms with van der Waals surface area (Å²) in [6.45, 7) is 4.48. The molecular formula is C56H48N2. The third-order valence-electron chi connectivity index (χ3n) is 13.1. The monoisotopic (exact) mass is 748 g/mol. The molecule has 9 aromatic carbocycles. The summed E-state index contributed by atoms with van der Waals surface area (Å²) >= 11 is 0. The van der Waals surface area contributed by atoms with E-state index in [-0.39, 0.29) is 0 Å². The van der Waals surface area contributed by atoms with E-state index in [2.05, 4.69) is 180 Å². The quantitative estimate of drug-likeness (QED) is 0.156. The summed E-state index contributed by atoms with van der Waals surface area (Å²) in [6.07, 6.45) is 7.66. The van der Waals surface area contributed by atoms with E-state index < -0.39 is 0 Å². The molecule has 9 aromatic rings. The Balaban J connectivity index is 1.13. The number of hydrogen-bond donors (Lipinski definition) is 0. The van der Waals surface area contributed by atoms with Crippen LogP contribution in [0.3, 0.4) is 0 Å². The van der Waals surface area contributed by atoms with Crippen molar-refractivity contribution in [3.8, 4) is 44.5 Å². The predicted molar refractivity (Wildman–Crippen MR) is 250 cm³/mol. The second kappa shape index (κ2) is 14.8. The molecule has 0 unspecified atom stereocenters. The van der Waals surface area contributed by atoms with Crippen molar-refractivity contribution in [2.75, 3.05) is 36.0 Å². The van der Waals surface area contributed by atoms with E-state index in [0.717, 1.165) is 26.2 Å². The van der Waals surface area contributed by atoms with Crippen LogP contribution in [0.4, 0.5) is 11.4 Å². The van der Waals surface area contributed by atoms with Crippen LogP contribution in [0.15, 0.2) is 170 Å². The first-order chi connectivity index (χ1) is 28.8. The number of piperidine rings is 2. The van der Waals surface area contributed by atoms with Gasteiger partial charge in [0.1, 0.15) is 0 Å². The summed E-state index contributed by atoms with van der Waals surface area (Å²) in [6, 6.07) is 64.3. The fourth-order valence-corrected chi connectivity index (χ4v) is 10.1. The largest absolute Gasteiger partial charge is 0.372 e. The Kier molecular flexibility index (Phi) is 8.92. The van der Waals surface area contributed by atoms with Gasteiger partial charge >= 0.3 is 0 Å². The van der Waals surface area contributed by atoms with Gasteiger partial charge in [0.15, 0.2) is 0 Å². The lowest BCUT2D eigenvalue weighted by molar-refractivity contribution is 0.578. The third-order valence-corrected chi connectivity index (χ3v) is 13.1. The Morgan fingerprint density at radius 3 is 1.09 bits per heavy atom. The van der Waals surface area contributed by atoms with E-state index in [1.807, 2.05) is 0 Å². The van der Waals surface area contributed by atoms with Crippen molar-refractivity contribution < 1.29 is 0 Å². The summed E-state index contributed by atoms with van der Waals surface area (Å²) in [4.78, 5) is 5.22. The van der Waals surface area contributed by atoms with Gasteiger partial charge in [-0.1, -0.05) is 146 Å². The van der Waals surface area contributed by atoms with Gasteiger partial charge in [0.25, 0.3) is 0 Å². The van der Waals surface area contributed by atoms with Crippen LogP contribution in [0.5, 0.6) is 0 Å². The molecule has 0 aromatic heterocycles. The molecule has 58 heavy (non-hydrogen) atoms. The Morgan fingerprint density at radius 2 is 0.655 bits per heavy atom. The molecule has 2 saturated heterocycles. The fourth-order valence-electron chi connectivity index (χ4n) is 10.1. The molecule has 0 radical (unpaired) electrons. The summed E-state index contributed by atoms with van der Waals surface area (Å²) in [5, 5.41) is 10.4. The van der Waals surface area contributed by atoms with Crippen molar-refractivity contribution in [3.63, 3.8) is 0 Å². The molecular weight excluding hydrogens is 701 g/mol. The van der Waals surface area contributed by atoms with E-state index in [1.165, 1.54) is 137 Å². The number of nitrogens with zero attached hydrogens (tertiary/aromatic N) is 2. The molecule has 0 atom stereocenters. The van der Waals surface area contributed by atoms with E-state index in [0.29, 0.717) is 0 Å². The minimum Gasteiger partial charge on any atom is -0.372 e. The Labute approximate surface area is 342 Å². The summed E-state index contributed by atoms with van der Waals surface area (Å²) in [7, 11) is 0. The third kappa shape index (κ3) is 6.19. The van der Waals surface area contributed by atoms with Crippen molar-refractivity contribution in [1.29, 1.82) is 0 Å². The highest BCUT2D eigenvalue weighted by atomic mass is 15.1. The molecule has 2 aliphatic rings. The molecule has 2 aliphatic heterocycles. The van der Waals surface area contributed by atoms with Crippen molar-refractivity contribution >= 4 is 54.5 Å². The predicted octanol–water partition coefficient (Wildman–Crippen LogP) is 14.9. The highest BCUT2D eigenvalue weighted by molar-refractivity contribution is 6.22. The molecule has 2 nitrogen and oxygen atoms in total. The molecule has 2 fully saturated rings. The van der Waals surface area contributed by atoms with Gasteiger partial charge in [-0.25, -0.2) is 0 Å². The number of benzene rings is 9. The van der Waals surface area contributed by atoms with E-state index in [4.69, 9.17) is 0 Å². The Bertz CT molecular complexity index is 2730. The molecule has 0 spiro atoms. The van der Waals surface area contributed by atoms with Crippen LogP contribution in [-0.2, 0) is 0 Å². The molecule has 0 aliphatic carbocycles. The van der Waals surface area contributed by atoms with E-state index >= 15 is 0 Å². The van der Waals surface area contributed by atoms with Crippen molar-refractivity contribution in [2.24, 2.45) is 0 Å². The van der Waals surface area contributed by atoms with Crippen LogP contribution in [0, 0.1) is 0 Å². The molecule has 282 valence electrons. The van der Waals surface area contributed by atoms with Crippen molar-refractivity contribution in [3.05, 3.63) is 170 Å². The molecule has 0 bridgehead atoms. The first kappa shape index (κ1) is 34.8. The standard InChI is InChI=1S/C56H48N2/c1-7-33-57(34-8-1)45-29-31-51-53(37-45)55(43-25-21-41(22-26-43)49-19-11-15-39-13-3-5-17-47(39)49)52-32-30-46(58-35-9-2-10-36-58)38-54(52)56(51)44-27-23-42(24-28-44)50-20-12-16-40-14-4-6-18-48(40)50/h3-6,11-32,37-38H,1-2,7-10,33-36H2. The van der Waals surface area contributed by atoms with Gasteiger partial charge in [0.05, 0.1) is 0 Å². The van der Waals surface area contributed by atoms with E-state index in [9.17, 15) is 0 Å². The zero-order valence-electron chi connectivity index (χ0n) is 33.1. The average molecular weight is 749 g/mol. The summed E-state index contributed by atoms with van der Waals surface area (Å²) in [5.74, 6) is 0. The van der Waals surface area contributed by atoms with Gasteiger partial charge in [-0.15, -0.1) is 0 Å². The summed E-state index contributed by atoms with van der Waals surface area (Å²) in [5.41, 5.74) is 12.9. The lowest BCUT2D eigenvalue weighted by atomic mass is 9.84. The van der Waals surface area contributed by atoms with E-state index in [1.54, 1.807) is 0 Å². The maximum atomic E-state index is 2.61. The lowest BCUT2D eigenvalue weighted by Crippen LogP contribution is -2.29. The van der Waals surface area contributed by atoms with Gasteiger partial charge in [0, 0.05) is 37.6 Å². The average Bonchev–Trinajstić information content (AvgIpc) is 3.31. The Morgan fingerprint density at radius 1 is 0.276 bits per heavy atom. The van der Waals surface area contributed by atoms with Crippen LogP contribution in [-0.4, -0.2) is 26.2 Å². The van der Waals surface area contributed by atoms with Gasteiger partial charge < -0.3 is 9.80 Å². The van der Waals surface area contributed by atoms with Gasteiger partial charge in [-0.2, -0.15) is 0 Å².